The van der Waals surface area contributed by atoms with Crippen molar-refractivity contribution >= 4 is 23.4 Å². The monoisotopic (exact) mass is 317 g/mol. The Kier molecular flexibility index (Phi) is 5.16. The number of non-ortho nitro benzene ring substituents is 1. The van der Waals surface area contributed by atoms with E-state index >= 15 is 0 Å². The Labute approximate surface area is 132 Å². The molecular formula is C16H15NO4S. The fourth-order valence-electron chi connectivity index (χ4n) is 1.91. The fourth-order valence-corrected chi connectivity index (χ4v) is 2.32. The van der Waals surface area contributed by atoms with Gasteiger partial charge in [-0.2, -0.15) is 0 Å². The Hall–Kier alpha value is -2.34. The van der Waals surface area contributed by atoms with Gasteiger partial charge in [-0.15, -0.1) is 11.8 Å². The lowest BCUT2D eigenvalue weighted by Crippen LogP contribution is -2.09. The maximum absolute atomic E-state index is 12.1. The van der Waals surface area contributed by atoms with E-state index < -0.39 is 17.0 Å². The minimum absolute atomic E-state index is 0.0234. The molecule has 0 aromatic heterocycles. The predicted molar refractivity (Wildman–Crippen MR) is 85.1 cm³/mol. The van der Waals surface area contributed by atoms with Crippen molar-refractivity contribution in [2.75, 3.05) is 6.26 Å². The summed E-state index contributed by atoms with van der Waals surface area (Å²) in [5.41, 5.74) is 1.02. The van der Waals surface area contributed by atoms with E-state index in [2.05, 4.69) is 0 Å². The highest BCUT2D eigenvalue weighted by atomic mass is 32.2. The van der Waals surface area contributed by atoms with Crippen LogP contribution in [-0.4, -0.2) is 17.1 Å². The lowest BCUT2D eigenvalue weighted by atomic mass is 10.1. The molecule has 0 saturated heterocycles. The highest BCUT2D eigenvalue weighted by molar-refractivity contribution is 7.98. The van der Waals surface area contributed by atoms with Crippen LogP contribution in [0.25, 0.3) is 0 Å². The Morgan fingerprint density at radius 3 is 2.50 bits per heavy atom. The normalized spacial score (nSPS) is 11.7. The second kappa shape index (κ2) is 7.09. The number of benzene rings is 2. The molecule has 0 N–H and O–H groups in total. The van der Waals surface area contributed by atoms with E-state index in [0.29, 0.717) is 11.1 Å². The van der Waals surface area contributed by atoms with Crippen molar-refractivity contribution in [1.82, 2.24) is 0 Å². The van der Waals surface area contributed by atoms with Crippen LogP contribution in [0.4, 0.5) is 5.69 Å². The van der Waals surface area contributed by atoms with E-state index in [-0.39, 0.29) is 5.69 Å². The zero-order valence-electron chi connectivity index (χ0n) is 12.2. The third-order valence-electron chi connectivity index (χ3n) is 3.16. The van der Waals surface area contributed by atoms with Crippen LogP contribution in [0.2, 0.25) is 0 Å². The number of hydrogen-bond acceptors (Lipinski definition) is 5. The molecule has 0 aliphatic carbocycles. The maximum atomic E-state index is 12.1. The molecule has 0 aliphatic heterocycles. The minimum atomic E-state index is -0.562. The van der Waals surface area contributed by atoms with Gasteiger partial charge < -0.3 is 4.74 Å². The summed E-state index contributed by atoms with van der Waals surface area (Å²) < 4.78 is 5.36. The van der Waals surface area contributed by atoms with E-state index in [1.165, 1.54) is 12.1 Å². The van der Waals surface area contributed by atoms with Gasteiger partial charge in [0, 0.05) is 17.0 Å². The average molecular weight is 317 g/mol. The highest BCUT2D eigenvalue weighted by Gasteiger charge is 2.16. The molecule has 114 valence electrons. The average Bonchev–Trinajstić information content (AvgIpc) is 2.54. The van der Waals surface area contributed by atoms with Gasteiger partial charge in [0.15, 0.2) is 0 Å². The molecule has 0 fully saturated rings. The van der Waals surface area contributed by atoms with Crippen molar-refractivity contribution in [1.29, 1.82) is 0 Å². The standard InChI is InChI=1S/C16H15NO4S/c1-11(13-4-3-5-14(10-13)17(19)20)21-16(18)12-6-8-15(22-2)9-7-12/h3-11H,1-2H3. The number of hydrogen-bond donors (Lipinski definition) is 0. The quantitative estimate of drug-likeness (QED) is 0.357. The highest BCUT2D eigenvalue weighted by Crippen LogP contribution is 2.23. The molecule has 0 radical (unpaired) electrons. The summed E-state index contributed by atoms with van der Waals surface area (Å²) >= 11 is 1.59. The van der Waals surface area contributed by atoms with Gasteiger partial charge >= 0.3 is 5.97 Å². The Morgan fingerprint density at radius 2 is 1.91 bits per heavy atom. The number of thioether (sulfide) groups is 1. The SMILES string of the molecule is CSc1ccc(C(=O)OC(C)c2cccc([N+](=O)[O-])c2)cc1. The van der Waals surface area contributed by atoms with Crippen LogP contribution in [0.3, 0.4) is 0 Å². The van der Waals surface area contributed by atoms with Crippen molar-refractivity contribution in [3.05, 3.63) is 69.8 Å². The molecule has 22 heavy (non-hydrogen) atoms. The van der Waals surface area contributed by atoms with Crippen molar-refractivity contribution in [2.24, 2.45) is 0 Å². The molecule has 1 atom stereocenters. The van der Waals surface area contributed by atoms with Gasteiger partial charge in [0.25, 0.3) is 5.69 Å². The van der Waals surface area contributed by atoms with Crippen LogP contribution in [0.1, 0.15) is 28.9 Å². The fraction of sp³-hybridized carbons (Fsp3) is 0.188. The number of carbonyl (C=O) groups is 1. The number of nitrogens with zero attached hydrogens (tertiary/aromatic N) is 1. The molecule has 0 heterocycles. The Morgan fingerprint density at radius 1 is 1.23 bits per heavy atom. The van der Waals surface area contributed by atoms with Crippen molar-refractivity contribution in [3.8, 4) is 0 Å². The first kappa shape index (κ1) is 16.0. The van der Waals surface area contributed by atoms with Crippen LogP contribution >= 0.6 is 11.8 Å². The topological polar surface area (TPSA) is 69.4 Å². The first-order valence-corrected chi connectivity index (χ1v) is 7.83. The molecule has 1 unspecified atom stereocenters. The van der Waals surface area contributed by atoms with Gasteiger partial charge in [0.1, 0.15) is 6.10 Å². The second-order valence-corrected chi connectivity index (χ2v) is 5.51. The summed E-state index contributed by atoms with van der Waals surface area (Å²) in [5, 5.41) is 10.8. The Balaban J connectivity index is 2.10. The number of rotatable bonds is 5. The molecule has 5 nitrogen and oxygen atoms in total. The number of carbonyl (C=O) groups excluding carboxylic acids is 1. The zero-order chi connectivity index (χ0) is 16.1. The van der Waals surface area contributed by atoms with Crippen LogP contribution in [0, 0.1) is 10.1 Å². The van der Waals surface area contributed by atoms with E-state index in [0.717, 1.165) is 4.90 Å². The predicted octanol–water partition coefficient (Wildman–Crippen LogP) is 4.23. The molecule has 0 bridgehead atoms. The minimum Gasteiger partial charge on any atom is -0.454 e. The van der Waals surface area contributed by atoms with Crippen LogP contribution in [0.15, 0.2) is 53.4 Å². The smallest absolute Gasteiger partial charge is 0.338 e. The third kappa shape index (κ3) is 3.85. The molecule has 0 spiro atoms. The molecule has 0 saturated carbocycles. The van der Waals surface area contributed by atoms with Gasteiger partial charge in [0.05, 0.1) is 10.5 Å². The van der Waals surface area contributed by atoms with E-state index in [1.54, 1.807) is 43.0 Å². The van der Waals surface area contributed by atoms with Crippen molar-refractivity contribution in [3.63, 3.8) is 0 Å². The summed E-state index contributed by atoms with van der Waals surface area (Å²) in [6, 6.07) is 13.2. The molecule has 0 amide bonds. The maximum Gasteiger partial charge on any atom is 0.338 e. The second-order valence-electron chi connectivity index (χ2n) is 4.63. The van der Waals surface area contributed by atoms with E-state index in [1.807, 2.05) is 18.4 Å². The first-order valence-electron chi connectivity index (χ1n) is 6.60. The summed E-state index contributed by atoms with van der Waals surface area (Å²) in [4.78, 5) is 23.4. The molecule has 6 heteroatoms. The molecule has 2 aromatic carbocycles. The lowest BCUT2D eigenvalue weighted by Gasteiger charge is -2.13. The largest absolute Gasteiger partial charge is 0.454 e. The van der Waals surface area contributed by atoms with Crippen LogP contribution in [-0.2, 0) is 4.74 Å². The Bertz CT molecular complexity index is 685. The zero-order valence-corrected chi connectivity index (χ0v) is 13.0. The summed E-state index contributed by atoms with van der Waals surface area (Å²) in [6.45, 7) is 1.69. The van der Waals surface area contributed by atoms with Crippen molar-refractivity contribution in [2.45, 2.75) is 17.9 Å². The third-order valence-corrected chi connectivity index (χ3v) is 3.90. The van der Waals surface area contributed by atoms with Gasteiger partial charge in [-0.05, 0) is 43.0 Å². The molecule has 0 aliphatic rings. The van der Waals surface area contributed by atoms with Crippen LogP contribution < -0.4 is 0 Å². The van der Waals surface area contributed by atoms with Gasteiger partial charge in [-0.3, -0.25) is 10.1 Å². The summed E-state index contributed by atoms with van der Waals surface area (Å²) in [6.07, 6.45) is 1.39. The number of ether oxygens (including phenoxy) is 1. The molecule has 2 aromatic rings. The van der Waals surface area contributed by atoms with Gasteiger partial charge in [-0.25, -0.2) is 4.79 Å². The lowest BCUT2D eigenvalue weighted by molar-refractivity contribution is -0.385. The number of esters is 1. The van der Waals surface area contributed by atoms with E-state index in [9.17, 15) is 14.9 Å². The van der Waals surface area contributed by atoms with Gasteiger partial charge in [0.2, 0.25) is 0 Å². The van der Waals surface area contributed by atoms with E-state index in [4.69, 9.17) is 4.74 Å². The number of nitro groups is 1. The van der Waals surface area contributed by atoms with Crippen molar-refractivity contribution < 1.29 is 14.5 Å². The van der Waals surface area contributed by atoms with Crippen LogP contribution in [0.5, 0.6) is 0 Å². The molecular weight excluding hydrogens is 302 g/mol. The summed E-state index contributed by atoms with van der Waals surface area (Å²) in [7, 11) is 0. The molecule has 2 rings (SSSR count). The number of nitro benzene ring substituents is 1. The van der Waals surface area contributed by atoms with Gasteiger partial charge in [-0.1, -0.05) is 12.1 Å². The summed E-state index contributed by atoms with van der Waals surface area (Å²) in [5.74, 6) is -0.452. The first-order chi connectivity index (χ1) is 10.5.